The molecule has 1 saturated carbocycles. The first-order valence-corrected chi connectivity index (χ1v) is 12.1. The lowest BCUT2D eigenvalue weighted by Gasteiger charge is -2.27. The van der Waals surface area contributed by atoms with E-state index in [9.17, 15) is 14.4 Å². The van der Waals surface area contributed by atoms with E-state index in [-0.39, 0.29) is 5.56 Å². The van der Waals surface area contributed by atoms with E-state index in [1.165, 1.54) is 19.5 Å². The van der Waals surface area contributed by atoms with E-state index in [0.29, 0.717) is 28.7 Å². The number of carbonyl (C=O) groups excluding carboxylic acids is 3. The van der Waals surface area contributed by atoms with Crippen LogP contribution in [0.15, 0.2) is 42.5 Å². The van der Waals surface area contributed by atoms with Gasteiger partial charge in [-0.15, -0.1) is 0 Å². The minimum Gasteiger partial charge on any atom is -0.340 e. The third kappa shape index (κ3) is 7.20. The Morgan fingerprint density at radius 2 is 1.83 bits per heavy atom. The van der Waals surface area contributed by atoms with E-state index in [0.717, 1.165) is 36.1 Å². The zero-order chi connectivity index (χ0) is 25.4. The lowest BCUT2D eigenvalue weighted by molar-refractivity contribution is -0.129. The van der Waals surface area contributed by atoms with Gasteiger partial charge in [-0.05, 0) is 49.1 Å². The largest absolute Gasteiger partial charge is 0.340 e. The number of para-hydroxylation sites is 1. The highest BCUT2D eigenvalue weighted by atomic mass is 35.5. The lowest BCUT2D eigenvalue weighted by Crippen LogP contribution is -2.47. The molecule has 1 atom stereocenters. The van der Waals surface area contributed by atoms with E-state index in [1.807, 2.05) is 19.2 Å². The standard InChI is InChI=1S/C26H30ClN5O3/c1-17-8-6-13-21(27)23(17)31-26(35)29-20-12-7-11-19(15-20)24(33)30-22(25(34)32(2)16-28)14-18-9-4-3-5-10-18/h6-8,11-13,15,18,22H,3-5,9-10,14H2,1-2H3,(H,30,33)(H2,29,31,35)/t22-/m0/s1. The Kier molecular flexibility index (Phi) is 9.10. The Bertz CT molecular complexity index is 1100. The molecule has 0 heterocycles. The predicted octanol–water partition coefficient (Wildman–Crippen LogP) is 5.30. The Labute approximate surface area is 210 Å². The maximum atomic E-state index is 13.0. The van der Waals surface area contributed by atoms with Crippen LogP contribution in [0.3, 0.4) is 0 Å². The van der Waals surface area contributed by atoms with Crippen LogP contribution in [0.1, 0.15) is 54.4 Å². The van der Waals surface area contributed by atoms with Gasteiger partial charge in [-0.2, -0.15) is 5.26 Å². The number of nitrogens with zero attached hydrogens (tertiary/aromatic N) is 2. The van der Waals surface area contributed by atoms with Crippen molar-refractivity contribution in [2.24, 2.45) is 5.92 Å². The van der Waals surface area contributed by atoms with Crippen LogP contribution in [0.2, 0.25) is 5.02 Å². The molecule has 35 heavy (non-hydrogen) atoms. The average molecular weight is 496 g/mol. The second-order valence-corrected chi connectivity index (χ2v) is 9.26. The first-order valence-electron chi connectivity index (χ1n) is 11.7. The maximum Gasteiger partial charge on any atom is 0.323 e. The molecular weight excluding hydrogens is 466 g/mol. The molecule has 0 bridgehead atoms. The van der Waals surface area contributed by atoms with Crippen LogP contribution < -0.4 is 16.0 Å². The van der Waals surface area contributed by atoms with E-state index >= 15 is 0 Å². The molecule has 3 N–H and O–H groups in total. The van der Waals surface area contributed by atoms with Crippen molar-refractivity contribution in [1.29, 1.82) is 5.26 Å². The van der Waals surface area contributed by atoms with Gasteiger partial charge in [0, 0.05) is 18.3 Å². The highest BCUT2D eigenvalue weighted by Crippen LogP contribution is 2.28. The number of aryl methyl sites for hydroxylation is 1. The molecule has 2 aromatic rings. The Hall–Kier alpha value is -3.57. The Morgan fingerprint density at radius 3 is 2.51 bits per heavy atom. The van der Waals surface area contributed by atoms with Gasteiger partial charge in [0.25, 0.3) is 11.8 Å². The number of benzene rings is 2. The summed E-state index contributed by atoms with van der Waals surface area (Å²) in [6.07, 6.45) is 7.74. The number of hydrogen-bond donors (Lipinski definition) is 3. The van der Waals surface area contributed by atoms with Gasteiger partial charge >= 0.3 is 6.03 Å². The van der Waals surface area contributed by atoms with Gasteiger partial charge in [0.2, 0.25) is 0 Å². The van der Waals surface area contributed by atoms with Crippen molar-refractivity contribution in [3.05, 3.63) is 58.6 Å². The fraction of sp³-hybridized carbons (Fsp3) is 0.385. The molecule has 1 fully saturated rings. The minimum absolute atomic E-state index is 0.290. The average Bonchev–Trinajstić information content (AvgIpc) is 2.85. The summed E-state index contributed by atoms with van der Waals surface area (Å²) in [5, 5.41) is 17.8. The number of nitrogens with one attached hydrogen (secondary N) is 3. The van der Waals surface area contributed by atoms with Gasteiger partial charge in [-0.3, -0.25) is 14.5 Å². The number of rotatable bonds is 7. The summed E-state index contributed by atoms with van der Waals surface area (Å²) in [7, 11) is 1.40. The molecule has 0 unspecified atom stereocenters. The molecule has 0 aliphatic heterocycles. The lowest BCUT2D eigenvalue weighted by atomic mass is 9.84. The summed E-state index contributed by atoms with van der Waals surface area (Å²) in [6, 6.07) is 10.5. The van der Waals surface area contributed by atoms with Gasteiger partial charge in [0.05, 0.1) is 10.7 Å². The second-order valence-electron chi connectivity index (χ2n) is 8.85. The highest BCUT2D eigenvalue weighted by Gasteiger charge is 2.28. The maximum absolute atomic E-state index is 13.0. The van der Waals surface area contributed by atoms with Crippen molar-refractivity contribution in [3.63, 3.8) is 0 Å². The number of nitriles is 1. The Balaban J connectivity index is 1.69. The van der Waals surface area contributed by atoms with Gasteiger partial charge < -0.3 is 16.0 Å². The molecule has 0 spiro atoms. The number of urea groups is 1. The van der Waals surface area contributed by atoms with Crippen molar-refractivity contribution in [3.8, 4) is 6.19 Å². The molecule has 1 aliphatic carbocycles. The number of amides is 4. The van der Waals surface area contributed by atoms with Gasteiger partial charge in [0.1, 0.15) is 6.04 Å². The van der Waals surface area contributed by atoms with E-state index in [2.05, 4.69) is 16.0 Å². The first kappa shape index (κ1) is 26.0. The van der Waals surface area contributed by atoms with Gasteiger partial charge in [-0.25, -0.2) is 4.79 Å². The van der Waals surface area contributed by atoms with Gasteiger partial charge in [0.15, 0.2) is 6.19 Å². The number of carbonyl (C=O) groups is 3. The molecule has 1 aliphatic rings. The zero-order valence-corrected chi connectivity index (χ0v) is 20.7. The van der Waals surface area contributed by atoms with Crippen molar-refractivity contribution < 1.29 is 14.4 Å². The molecule has 0 aromatic heterocycles. The van der Waals surface area contributed by atoms with Crippen LogP contribution in [-0.4, -0.2) is 35.8 Å². The predicted molar refractivity (Wildman–Crippen MR) is 136 cm³/mol. The fourth-order valence-corrected chi connectivity index (χ4v) is 4.58. The zero-order valence-electron chi connectivity index (χ0n) is 19.9. The molecule has 184 valence electrons. The summed E-state index contributed by atoms with van der Waals surface area (Å²) in [5.74, 6) is -0.554. The summed E-state index contributed by atoms with van der Waals surface area (Å²) in [6.45, 7) is 1.83. The van der Waals surface area contributed by atoms with Crippen LogP contribution in [0, 0.1) is 24.3 Å². The molecule has 0 saturated heterocycles. The molecule has 3 rings (SSSR count). The SMILES string of the molecule is Cc1cccc(Cl)c1NC(=O)Nc1cccc(C(=O)N[C@@H](CC2CCCCC2)C(=O)N(C)C#N)c1. The number of likely N-dealkylation sites (N-methyl/N-ethyl adjacent to an activating group) is 1. The molecule has 4 amide bonds. The summed E-state index contributed by atoms with van der Waals surface area (Å²) < 4.78 is 0. The van der Waals surface area contributed by atoms with Gasteiger partial charge in [-0.1, -0.05) is 61.9 Å². The van der Waals surface area contributed by atoms with Crippen LogP contribution in [0.4, 0.5) is 16.2 Å². The van der Waals surface area contributed by atoms with Crippen molar-refractivity contribution in [1.82, 2.24) is 10.2 Å². The topological polar surface area (TPSA) is 114 Å². The van der Waals surface area contributed by atoms with E-state index in [1.54, 1.807) is 30.3 Å². The smallest absolute Gasteiger partial charge is 0.323 e. The summed E-state index contributed by atoms with van der Waals surface area (Å²) in [4.78, 5) is 39.2. The highest BCUT2D eigenvalue weighted by molar-refractivity contribution is 6.34. The monoisotopic (exact) mass is 495 g/mol. The molecule has 0 radical (unpaired) electrons. The van der Waals surface area contributed by atoms with E-state index in [4.69, 9.17) is 16.9 Å². The second kappa shape index (κ2) is 12.2. The van der Waals surface area contributed by atoms with Crippen molar-refractivity contribution in [2.75, 3.05) is 17.7 Å². The molecular formula is C26H30ClN5O3. The molecule has 8 nitrogen and oxygen atoms in total. The van der Waals surface area contributed by atoms with Crippen molar-refractivity contribution >= 4 is 40.8 Å². The summed E-state index contributed by atoms with van der Waals surface area (Å²) >= 11 is 6.17. The Morgan fingerprint density at radius 1 is 1.11 bits per heavy atom. The quantitative estimate of drug-likeness (QED) is 0.357. The third-order valence-corrected chi connectivity index (χ3v) is 6.54. The number of halogens is 1. The van der Waals surface area contributed by atoms with Crippen molar-refractivity contribution in [2.45, 2.75) is 51.5 Å². The van der Waals surface area contributed by atoms with Crippen LogP contribution >= 0.6 is 11.6 Å². The third-order valence-electron chi connectivity index (χ3n) is 6.22. The molecule has 9 heteroatoms. The van der Waals surface area contributed by atoms with E-state index < -0.39 is 23.9 Å². The minimum atomic E-state index is -0.793. The van der Waals surface area contributed by atoms with Crippen LogP contribution in [-0.2, 0) is 4.79 Å². The van der Waals surface area contributed by atoms with Crippen LogP contribution in [0.25, 0.3) is 0 Å². The fourth-order valence-electron chi connectivity index (χ4n) is 4.31. The normalized spacial score (nSPS) is 14.3. The number of hydrogen-bond acceptors (Lipinski definition) is 4. The summed E-state index contributed by atoms with van der Waals surface area (Å²) in [5.41, 5.74) is 2.02. The number of anilines is 2. The first-order chi connectivity index (χ1) is 16.8. The van der Waals surface area contributed by atoms with Crippen LogP contribution in [0.5, 0.6) is 0 Å². The molecule has 2 aromatic carbocycles.